The van der Waals surface area contributed by atoms with E-state index in [0.717, 1.165) is 0 Å². The minimum atomic E-state index is -1.93. The van der Waals surface area contributed by atoms with Gasteiger partial charge in [-0.1, -0.05) is 0 Å². The summed E-state index contributed by atoms with van der Waals surface area (Å²) in [6.45, 7) is 0. The minimum absolute atomic E-state index is 0.338. The Morgan fingerprint density at radius 1 is 0.618 bits per heavy atom. The predicted molar refractivity (Wildman–Crippen MR) is 107 cm³/mol. The van der Waals surface area contributed by atoms with Crippen LogP contribution in [0.4, 0.5) is 0 Å². The van der Waals surface area contributed by atoms with E-state index in [2.05, 4.69) is 0 Å². The van der Waals surface area contributed by atoms with Crippen LogP contribution in [0.25, 0.3) is 0 Å². The van der Waals surface area contributed by atoms with Gasteiger partial charge in [-0.2, -0.15) is 0 Å². The van der Waals surface area contributed by atoms with E-state index in [1.807, 2.05) is 10.6 Å². The van der Waals surface area contributed by atoms with Crippen LogP contribution < -0.4 is 27.4 Å². The Balaban J connectivity index is 5.54. The summed E-state index contributed by atoms with van der Waals surface area (Å²) in [5, 5.41) is 41.1. The van der Waals surface area contributed by atoms with Crippen LogP contribution in [0.3, 0.4) is 0 Å². The maximum Gasteiger partial charge on any atom is 0.326 e. The zero-order valence-corrected chi connectivity index (χ0v) is 17.6. The van der Waals surface area contributed by atoms with Gasteiger partial charge in [0.15, 0.2) is 0 Å². The summed E-state index contributed by atoms with van der Waals surface area (Å²) in [5.74, 6) is -11.0. The van der Waals surface area contributed by atoms with E-state index in [1.54, 1.807) is 5.32 Å². The second kappa shape index (κ2) is 14.0. The first-order valence-electron chi connectivity index (χ1n) is 9.47. The molecule has 0 rings (SSSR count). The Morgan fingerprint density at radius 2 is 1.03 bits per heavy atom. The summed E-state index contributed by atoms with van der Waals surface area (Å²) in [4.78, 5) is 91.8. The fourth-order valence-electron chi connectivity index (χ4n) is 2.40. The quantitative estimate of drug-likeness (QED) is 0.0984. The molecular weight excluding hydrogens is 466 g/mol. The third kappa shape index (κ3) is 11.9. The number of hydrogen-bond acceptors (Lipinski definition) is 9. The van der Waals surface area contributed by atoms with Gasteiger partial charge in [0.1, 0.15) is 18.1 Å². The SMILES string of the molecule is NC(=O)CC(NC(=O)C(CC(=O)O)NC(=O)C(N)CCC(=O)O)C(=O)NC(CC(=O)O)C(=O)O. The number of amides is 4. The molecule has 0 saturated heterocycles. The summed E-state index contributed by atoms with van der Waals surface area (Å²) in [6.07, 6.45) is -3.76. The molecule has 4 unspecified atom stereocenters. The molecule has 0 spiro atoms. The summed E-state index contributed by atoms with van der Waals surface area (Å²) in [7, 11) is 0. The number of aliphatic carboxylic acids is 4. The van der Waals surface area contributed by atoms with Crippen molar-refractivity contribution in [3.63, 3.8) is 0 Å². The molecule has 0 bridgehead atoms. The highest BCUT2D eigenvalue weighted by Crippen LogP contribution is 2.02. The van der Waals surface area contributed by atoms with Crippen LogP contribution in [0.5, 0.6) is 0 Å². The van der Waals surface area contributed by atoms with Gasteiger partial charge in [-0.25, -0.2) is 4.79 Å². The highest BCUT2D eigenvalue weighted by atomic mass is 16.4. The van der Waals surface area contributed by atoms with Gasteiger partial charge in [0, 0.05) is 6.42 Å². The van der Waals surface area contributed by atoms with E-state index in [4.69, 9.17) is 31.9 Å². The average molecular weight is 491 g/mol. The molecular formula is C17H25N5O12. The van der Waals surface area contributed by atoms with Crippen LogP contribution >= 0.6 is 0 Å². The van der Waals surface area contributed by atoms with Gasteiger partial charge in [0.2, 0.25) is 23.6 Å². The molecule has 4 amide bonds. The van der Waals surface area contributed by atoms with Crippen molar-refractivity contribution in [1.29, 1.82) is 0 Å². The first kappa shape index (κ1) is 29.7. The fraction of sp³-hybridized carbons (Fsp3) is 0.529. The van der Waals surface area contributed by atoms with E-state index in [-0.39, 0.29) is 6.42 Å². The fourth-order valence-corrected chi connectivity index (χ4v) is 2.40. The number of hydrogen-bond donors (Lipinski definition) is 9. The summed E-state index contributed by atoms with van der Waals surface area (Å²) in [5.41, 5.74) is 10.5. The van der Waals surface area contributed by atoms with E-state index in [1.165, 1.54) is 0 Å². The number of carbonyl (C=O) groups is 8. The highest BCUT2D eigenvalue weighted by Gasteiger charge is 2.32. The molecule has 17 heteroatoms. The molecule has 0 radical (unpaired) electrons. The van der Waals surface area contributed by atoms with Crippen molar-refractivity contribution in [3.05, 3.63) is 0 Å². The van der Waals surface area contributed by atoms with Gasteiger partial charge >= 0.3 is 23.9 Å². The third-order valence-electron chi connectivity index (χ3n) is 4.05. The Kier molecular flexibility index (Phi) is 12.2. The number of carboxylic acid groups (broad SMARTS) is 4. The largest absolute Gasteiger partial charge is 0.481 e. The van der Waals surface area contributed by atoms with Crippen molar-refractivity contribution in [2.75, 3.05) is 0 Å². The number of carboxylic acids is 4. The zero-order valence-electron chi connectivity index (χ0n) is 17.6. The molecule has 0 aliphatic carbocycles. The molecule has 34 heavy (non-hydrogen) atoms. The molecule has 0 aromatic heterocycles. The van der Waals surface area contributed by atoms with E-state index in [9.17, 15) is 38.4 Å². The topological polar surface area (TPSA) is 306 Å². The maximum absolute atomic E-state index is 12.5. The number of carbonyl (C=O) groups excluding carboxylic acids is 4. The lowest BCUT2D eigenvalue weighted by atomic mass is 10.1. The van der Waals surface area contributed by atoms with Crippen LogP contribution in [0.15, 0.2) is 0 Å². The predicted octanol–water partition coefficient (Wildman–Crippen LogP) is -4.46. The van der Waals surface area contributed by atoms with Gasteiger partial charge in [0.05, 0.1) is 25.3 Å². The molecule has 190 valence electrons. The van der Waals surface area contributed by atoms with Crippen molar-refractivity contribution in [2.24, 2.45) is 11.5 Å². The lowest BCUT2D eigenvalue weighted by molar-refractivity contribution is -0.147. The number of primary amides is 1. The number of nitrogens with two attached hydrogens (primary N) is 2. The average Bonchev–Trinajstić information content (AvgIpc) is 2.68. The van der Waals surface area contributed by atoms with Crippen LogP contribution in [0.1, 0.15) is 32.1 Å². The van der Waals surface area contributed by atoms with Gasteiger partial charge in [-0.3, -0.25) is 33.6 Å². The van der Waals surface area contributed by atoms with Crippen LogP contribution in [-0.2, 0) is 38.4 Å². The zero-order chi connectivity index (χ0) is 26.6. The van der Waals surface area contributed by atoms with Crippen molar-refractivity contribution in [1.82, 2.24) is 16.0 Å². The number of nitrogens with one attached hydrogen (secondary N) is 3. The molecule has 0 saturated carbocycles. The van der Waals surface area contributed by atoms with Crippen LogP contribution in [0.2, 0.25) is 0 Å². The Hall–Kier alpha value is -4.28. The molecule has 0 aromatic rings. The maximum atomic E-state index is 12.5. The molecule has 0 aliphatic heterocycles. The molecule has 11 N–H and O–H groups in total. The lowest BCUT2D eigenvalue weighted by Crippen LogP contribution is -2.58. The normalized spacial score (nSPS) is 13.9. The smallest absolute Gasteiger partial charge is 0.326 e. The van der Waals surface area contributed by atoms with Crippen molar-refractivity contribution < 1.29 is 58.8 Å². The molecule has 0 heterocycles. The van der Waals surface area contributed by atoms with E-state index >= 15 is 0 Å². The van der Waals surface area contributed by atoms with Gasteiger partial charge in [-0.05, 0) is 6.42 Å². The van der Waals surface area contributed by atoms with Crippen molar-refractivity contribution in [2.45, 2.75) is 56.3 Å². The molecule has 4 atom stereocenters. The summed E-state index contributed by atoms with van der Waals surface area (Å²) < 4.78 is 0. The second-order valence-electron chi connectivity index (χ2n) is 6.93. The van der Waals surface area contributed by atoms with E-state index in [0.29, 0.717) is 0 Å². The molecule has 0 aliphatic rings. The standard InChI is InChI=1S/C17H25N5O12/c18-6(1-2-11(24)25)14(30)20-8(4-12(26)27)16(32)21-7(3-10(19)23)15(31)22-9(17(33)34)5-13(28)29/h6-9H,1-5,18H2,(H2,19,23)(H,20,30)(H,21,32)(H,22,31)(H,24,25)(H,26,27)(H,28,29)(H,33,34). The Bertz CT molecular complexity index is 845. The van der Waals surface area contributed by atoms with Crippen LogP contribution in [0, 0.1) is 0 Å². The third-order valence-corrected chi connectivity index (χ3v) is 4.05. The Labute approximate surface area is 190 Å². The van der Waals surface area contributed by atoms with E-state index < -0.39 is 97.4 Å². The first-order valence-corrected chi connectivity index (χ1v) is 9.47. The van der Waals surface area contributed by atoms with Gasteiger partial charge in [0.25, 0.3) is 0 Å². The van der Waals surface area contributed by atoms with Crippen LogP contribution in [-0.4, -0.2) is 92.1 Å². The first-order chi connectivity index (χ1) is 15.6. The summed E-state index contributed by atoms with van der Waals surface area (Å²) >= 11 is 0. The number of rotatable bonds is 16. The van der Waals surface area contributed by atoms with Gasteiger partial charge < -0.3 is 47.8 Å². The van der Waals surface area contributed by atoms with Crippen molar-refractivity contribution in [3.8, 4) is 0 Å². The summed E-state index contributed by atoms with van der Waals surface area (Å²) in [6, 6.07) is -7.04. The monoisotopic (exact) mass is 491 g/mol. The highest BCUT2D eigenvalue weighted by molar-refractivity contribution is 5.97. The van der Waals surface area contributed by atoms with Crippen molar-refractivity contribution >= 4 is 47.5 Å². The lowest BCUT2D eigenvalue weighted by Gasteiger charge is -2.23. The minimum Gasteiger partial charge on any atom is -0.481 e. The molecule has 17 nitrogen and oxygen atoms in total. The van der Waals surface area contributed by atoms with Gasteiger partial charge in [-0.15, -0.1) is 0 Å². The molecule has 0 aromatic carbocycles. The second-order valence-corrected chi connectivity index (χ2v) is 6.93. The molecule has 0 fully saturated rings. The Morgan fingerprint density at radius 3 is 1.44 bits per heavy atom.